The fraction of sp³-hybridized carbons (Fsp3) is 0.333. The normalized spacial score (nSPS) is 16.1. The van der Waals surface area contributed by atoms with Crippen molar-refractivity contribution >= 4 is 10.9 Å². The van der Waals surface area contributed by atoms with Crippen LogP contribution in [0.2, 0.25) is 0 Å². The fourth-order valence-corrected chi connectivity index (χ4v) is 5.26. The molecule has 0 amide bonds. The molecule has 4 aromatic rings. The predicted molar refractivity (Wildman–Crippen MR) is 142 cm³/mol. The highest BCUT2D eigenvalue weighted by molar-refractivity contribution is 5.92. The molecule has 1 fully saturated rings. The number of fused-ring (bicyclic) bond motifs is 1. The quantitative estimate of drug-likeness (QED) is 0.317. The minimum absolute atomic E-state index is 0.178. The number of ether oxygens (including phenoxy) is 1. The van der Waals surface area contributed by atoms with Crippen molar-refractivity contribution in [1.82, 2.24) is 9.47 Å². The zero-order valence-corrected chi connectivity index (χ0v) is 20.9. The van der Waals surface area contributed by atoms with Crippen LogP contribution in [0.1, 0.15) is 23.1 Å². The summed E-state index contributed by atoms with van der Waals surface area (Å²) in [5.41, 5.74) is 6.18. The van der Waals surface area contributed by atoms with E-state index in [-0.39, 0.29) is 24.1 Å². The Hall–Kier alpha value is -3.51. The molecule has 0 aliphatic carbocycles. The SMILES string of the molecule is Cc1cc(-c2c(C)c3cc(O)ccc3n2Cc2ccc(OCCN3CCC(CF)C3)cc2)ccc1O. The topological polar surface area (TPSA) is 57.9 Å². The zero-order chi connectivity index (χ0) is 25.2. The molecule has 1 unspecified atom stereocenters. The number of aromatic nitrogens is 1. The second-order valence-corrected chi connectivity index (χ2v) is 9.86. The summed E-state index contributed by atoms with van der Waals surface area (Å²) in [4.78, 5) is 2.27. The van der Waals surface area contributed by atoms with Gasteiger partial charge in [0, 0.05) is 36.5 Å². The molecule has 1 aliphatic heterocycles. The first-order chi connectivity index (χ1) is 17.4. The maximum absolute atomic E-state index is 12.8. The van der Waals surface area contributed by atoms with E-state index in [0.29, 0.717) is 13.2 Å². The van der Waals surface area contributed by atoms with Crippen LogP contribution in [0.15, 0.2) is 60.7 Å². The Bertz CT molecular complexity index is 1360. The molecular formula is C30H33FN2O3. The summed E-state index contributed by atoms with van der Waals surface area (Å²) in [6.45, 7) is 7.57. The Kier molecular flexibility index (Phi) is 6.88. The van der Waals surface area contributed by atoms with Gasteiger partial charge in [0.25, 0.3) is 0 Å². The zero-order valence-electron chi connectivity index (χ0n) is 20.9. The van der Waals surface area contributed by atoms with Gasteiger partial charge < -0.3 is 19.5 Å². The lowest BCUT2D eigenvalue weighted by Gasteiger charge is -2.16. The average molecular weight is 489 g/mol. The highest BCUT2D eigenvalue weighted by Gasteiger charge is 2.22. The summed E-state index contributed by atoms with van der Waals surface area (Å²) >= 11 is 0. The van der Waals surface area contributed by atoms with Gasteiger partial charge in [-0.05, 0) is 97.6 Å². The average Bonchev–Trinajstić information content (AvgIpc) is 3.44. The number of likely N-dealkylation sites (tertiary alicyclic amines) is 1. The number of aromatic hydroxyl groups is 2. The van der Waals surface area contributed by atoms with E-state index < -0.39 is 0 Å². The maximum atomic E-state index is 12.8. The van der Waals surface area contributed by atoms with Gasteiger partial charge in [-0.2, -0.15) is 0 Å². The van der Waals surface area contributed by atoms with E-state index in [1.54, 1.807) is 12.1 Å². The Morgan fingerprint density at radius 3 is 2.53 bits per heavy atom. The van der Waals surface area contributed by atoms with E-state index >= 15 is 0 Å². The molecule has 0 saturated carbocycles. The summed E-state index contributed by atoms with van der Waals surface area (Å²) in [6, 6.07) is 19.3. The summed E-state index contributed by atoms with van der Waals surface area (Å²) in [5.74, 6) is 1.52. The van der Waals surface area contributed by atoms with Gasteiger partial charge in [-0.1, -0.05) is 12.1 Å². The van der Waals surface area contributed by atoms with Crippen LogP contribution in [-0.4, -0.2) is 52.6 Å². The number of nitrogens with zero attached hydrogens (tertiary/aromatic N) is 2. The monoisotopic (exact) mass is 488 g/mol. The van der Waals surface area contributed by atoms with Gasteiger partial charge >= 0.3 is 0 Å². The van der Waals surface area contributed by atoms with Crippen molar-refractivity contribution in [2.24, 2.45) is 5.92 Å². The minimum atomic E-state index is -0.232. The van der Waals surface area contributed by atoms with E-state index in [1.807, 2.05) is 43.3 Å². The molecule has 1 aliphatic rings. The van der Waals surface area contributed by atoms with E-state index in [4.69, 9.17) is 4.74 Å². The molecule has 3 aromatic carbocycles. The highest BCUT2D eigenvalue weighted by Crippen LogP contribution is 2.37. The van der Waals surface area contributed by atoms with Gasteiger partial charge in [0.15, 0.2) is 0 Å². The highest BCUT2D eigenvalue weighted by atomic mass is 19.1. The van der Waals surface area contributed by atoms with Gasteiger partial charge in [-0.25, -0.2) is 0 Å². The largest absolute Gasteiger partial charge is 0.508 e. The van der Waals surface area contributed by atoms with Crippen LogP contribution in [0.25, 0.3) is 22.2 Å². The first kappa shape index (κ1) is 24.2. The molecule has 5 nitrogen and oxygen atoms in total. The first-order valence-electron chi connectivity index (χ1n) is 12.5. The van der Waals surface area contributed by atoms with E-state index in [1.165, 1.54) is 0 Å². The molecule has 2 N–H and O–H groups in total. The molecule has 2 heterocycles. The Balaban J connectivity index is 1.36. The third-order valence-electron chi connectivity index (χ3n) is 7.30. The molecule has 188 valence electrons. The maximum Gasteiger partial charge on any atom is 0.119 e. The van der Waals surface area contributed by atoms with E-state index in [9.17, 15) is 14.6 Å². The smallest absolute Gasteiger partial charge is 0.119 e. The lowest BCUT2D eigenvalue weighted by molar-refractivity contribution is 0.228. The number of rotatable bonds is 8. The summed E-state index contributed by atoms with van der Waals surface area (Å²) < 4.78 is 21.0. The van der Waals surface area contributed by atoms with E-state index in [0.717, 1.165) is 70.7 Å². The number of phenolic OH excluding ortho intramolecular Hbond substituents is 2. The number of alkyl halides is 1. The first-order valence-corrected chi connectivity index (χ1v) is 12.5. The number of aryl methyl sites for hydroxylation is 2. The van der Waals surface area contributed by atoms with Gasteiger partial charge in [0.05, 0.1) is 12.4 Å². The summed E-state index contributed by atoms with van der Waals surface area (Å²) in [6.07, 6.45) is 0.935. The molecule has 1 saturated heterocycles. The second-order valence-electron chi connectivity index (χ2n) is 9.86. The molecule has 36 heavy (non-hydrogen) atoms. The number of phenols is 2. The molecular weight excluding hydrogens is 455 g/mol. The molecule has 1 atom stereocenters. The number of hydrogen-bond acceptors (Lipinski definition) is 4. The Morgan fingerprint density at radius 1 is 1.00 bits per heavy atom. The third kappa shape index (κ3) is 4.91. The number of halogens is 1. The van der Waals surface area contributed by atoms with Crippen LogP contribution in [0, 0.1) is 19.8 Å². The minimum Gasteiger partial charge on any atom is -0.508 e. The van der Waals surface area contributed by atoms with Crippen LogP contribution in [0.5, 0.6) is 17.2 Å². The molecule has 0 spiro atoms. The van der Waals surface area contributed by atoms with Crippen molar-refractivity contribution < 1.29 is 19.3 Å². The predicted octanol–water partition coefficient (Wildman–Crippen LogP) is 6.05. The molecule has 1 aromatic heterocycles. The van der Waals surface area contributed by atoms with Crippen molar-refractivity contribution in [3.8, 4) is 28.5 Å². The fourth-order valence-electron chi connectivity index (χ4n) is 5.26. The van der Waals surface area contributed by atoms with Crippen molar-refractivity contribution in [3.05, 3.63) is 77.4 Å². The number of hydrogen-bond donors (Lipinski definition) is 2. The Labute approximate surface area is 211 Å². The summed E-state index contributed by atoms with van der Waals surface area (Å²) in [5, 5.41) is 21.2. The van der Waals surface area contributed by atoms with Crippen molar-refractivity contribution in [2.45, 2.75) is 26.8 Å². The standard InChI is InChI=1S/C30H33FN2O3/c1-20-15-24(5-10-29(20)35)30-21(2)27-16-25(34)6-9-28(27)33(30)19-22-3-7-26(8-4-22)36-14-13-32-12-11-23(17-31)18-32/h3-10,15-16,23,34-35H,11-14,17-19H2,1-2H3. The van der Waals surface area contributed by atoms with Crippen molar-refractivity contribution in [3.63, 3.8) is 0 Å². The van der Waals surface area contributed by atoms with Gasteiger partial charge in [0.1, 0.15) is 23.9 Å². The van der Waals surface area contributed by atoms with Gasteiger partial charge in [-0.3, -0.25) is 9.29 Å². The van der Waals surface area contributed by atoms with Gasteiger partial charge in [0.2, 0.25) is 0 Å². The van der Waals surface area contributed by atoms with E-state index in [2.05, 4.69) is 28.5 Å². The summed E-state index contributed by atoms with van der Waals surface area (Å²) in [7, 11) is 0. The van der Waals surface area contributed by atoms with Crippen molar-refractivity contribution in [2.75, 3.05) is 32.9 Å². The lowest BCUT2D eigenvalue weighted by Crippen LogP contribution is -2.26. The number of benzene rings is 3. The lowest BCUT2D eigenvalue weighted by atomic mass is 10.0. The van der Waals surface area contributed by atoms with Crippen LogP contribution in [-0.2, 0) is 6.54 Å². The Morgan fingerprint density at radius 2 is 1.81 bits per heavy atom. The van der Waals surface area contributed by atoms with Crippen molar-refractivity contribution in [1.29, 1.82) is 0 Å². The van der Waals surface area contributed by atoms with Gasteiger partial charge in [-0.15, -0.1) is 0 Å². The van der Waals surface area contributed by atoms with Crippen LogP contribution in [0.3, 0.4) is 0 Å². The second kappa shape index (κ2) is 10.2. The van der Waals surface area contributed by atoms with Crippen LogP contribution < -0.4 is 4.74 Å². The third-order valence-corrected chi connectivity index (χ3v) is 7.30. The van der Waals surface area contributed by atoms with Crippen LogP contribution >= 0.6 is 0 Å². The molecule has 0 radical (unpaired) electrons. The molecule has 5 rings (SSSR count). The molecule has 6 heteroatoms. The molecule has 0 bridgehead atoms. The van der Waals surface area contributed by atoms with Crippen LogP contribution in [0.4, 0.5) is 4.39 Å².